The molecule has 0 aliphatic heterocycles. The van der Waals surface area contributed by atoms with Crippen molar-refractivity contribution in [2.45, 2.75) is 38.4 Å². The molecule has 0 fully saturated rings. The fourth-order valence-corrected chi connectivity index (χ4v) is 1.49. The Labute approximate surface area is 118 Å². The van der Waals surface area contributed by atoms with Gasteiger partial charge in [-0.25, -0.2) is 0 Å². The minimum absolute atomic E-state index is 0.685. The van der Waals surface area contributed by atoms with Gasteiger partial charge in [0.05, 0.1) is 5.84 Å². The summed E-state index contributed by atoms with van der Waals surface area (Å²) < 4.78 is 0. The summed E-state index contributed by atoms with van der Waals surface area (Å²) in [5.41, 5.74) is 5.34. The van der Waals surface area contributed by atoms with E-state index in [0.29, 0.717) is 5.84 Å². The van der Waals surface area contributed by atoms with Crippen molar-refractivity contribution < 1.29 is 0 Å². The number of hydrogen-bond acceptors (Lipinski definition) is 4. The molecule has 0 saturated heterocycles. The van der Waals surface area contributed by atoms with Gasteiger partial charge in [-0.15, -0.1) is 0 Å². The molecule has 18 heavy (non-hydrogen) atoms. The molecule has 1 unspecified atom stereocenters. The van der Waals surface area contributed by atoms with Crippen molar-refractivity contribution in [3.05, 3.63) is 0 Å². The van der Waals surface area contributed by atoms with Crippen LogP contribution < -0.4 is 16.4 Å². The molecule has 0 spiro atoms. The van der Waals surface area contributed by atoms with Gasteiger partial charge in [-0.2, -0.15) is 11.8 Å². The van der Waals surface area contributed by atoms with Crippen LogP contribution in [0.4, 0.5) is 0 Å². The van der Waals surface area contributed by atoms with E-state index in [1.54, 1.807) is 0 Å². The van der Waals surface area contributed by atoms with Gasteiger partial charge in [0.1, 0.15) is 0 Å². The number of hydrogen-bond donors (Lipinski definition) is 3. The largest absolute Gasteiger partial charge is 0.388 e. The van der Waals surface area contributed by atoms with Crippen LogP contribution in [0.15, 0.2) is 4.99 Å². The number of nitrogens with zero attached hydrogens (tertiary/aromatic N) is 1. The van der Waals surface area contributed by atoms with E-state index in [4.69, 9.17) is 5.73 Å². The number of nitrogens with two attached hydrogens (primary N) is 1. The summed E-state index contributed by atoms with van der Waals surface area (Å²) in [5, 5.41) is 7.00. The first-order valence-electron chi connectivity index (χ1n) is 6.67. The summed E-state index contributed by atoms with van der Waals surface area (Å²) in [7, 11) is 3.95. The quantitative estimate of drug-likeness (QED) is 0.341. The maximum absolute atomic E-state index is 5.34. The molecule has 110 valence electrons. The summed E-state index contributed by atoms with van der Waals surface area (Å²) in [6.07, 6.45) is 5.72. The highest BCUT2D eigenvalue weighted by Crippen LogP contribution is 2.07. The van der Waals surface area contributed by atoms with Gasteiger partial charge in [0.15, 0.2) is 0 Å². The highest BCUT2D eigenvalue weighted by Gasteiger charge is 1.94. The zero-order chi connectivity index (χ0) is 14.2. The van der Waals surface area contributed by atoms with Crippen LogP contribution in [0.3, 0.4) is 0 Å². The van der Waals surface area contributed by atoms with Gasteiger partial charge >= 0.3 is 0 Å². The van der Waals surface area contributed by atoms with Gasteiger partial charge in [0.2, 0.25) is 0 Å². The lowest BCUT2D eigenvalue weighted by Crippen LogP contribution is -2.12. The zero-order valence-electron chi connectivity index (χ0n) is 12.8. The fraction of sp³-hybridized carbons (Fsp3) is 0.923. The molecule has 0 bridgehead atoms. The highest BCUT2D eigenvalue weighted by molar-refractivity contribution is 7.99. The van der Waals surface area contributed by atoms with E-state index in [0.717, 1.165) is 31.3 Å². The van der Waals surface area contributed by atoms with E-state index >= 15 is 0 Å². The summed E-state index contributed by atoms with van der Waals surface area (Å²) in [6, 6.07) is 0. The molecular formula is C13H32N4S. The molecule has 0 aromatic heterocycles. The maximum Gasteiger partial charge on any atom is 0.0905 e. The van der Waals surface area contributed by atoms with E-state index in [1.807, 2.05) is 32.8 Å². The molecule has 1 atom stereocenters. The number of rotatable bonds is 9. The second-order valence-electron chi connectivity index (χ2n) is 4.27. The van der Waals surface area contributed by atoms with Gasteiger partial charge in [0.25, 0.3) is 0 Å². The molecule has 0 saturated carbocycles. The summed E-state index contributed by atoms with van der Waals surface area (Å²) in [4.78, 5) is 4.06. The molecule has 0 aromatic carbocycles. The van der Waals surface area contributed by atoms with Crippen LogP contribution in [-0.4, -0.2) is 51.1 Å². The van der Waals surface area contributed by atoms with Crippen molar-refractivity contribution in [3.63, 3.8) is 0 Å². The van der Waals surface area contributed by atoms with Gasteiger partial charge in [-0.05, 0) is 59.6 Å². The van der Waals surface area contributed by atoms with Crippen LogP contribution in [0, 0.1) is 0 Å². The maximum atomic E-state index is 5.34. The second-order valence-corrected chi connectivity index (χ2v) is 5.55. The Hall–Kier alpha value is -0.260. The molecule has 0 radical (unpaired) electrons. The second kappa shape index (κ2) is 16.7. The zero-order valence-corrected chi connectivity index (χ0v) is 13.6. The van der Waals surface area contributed by atoms with E-state index in [9.17, 15) is 0 Å². The highest BCUT2D eigenvalue weighted by atomic mass is 32.2. The molecule has 0 rings (SSSR count). The minimum atomic E-state index is 0.685. The lowest BCUT2D eigenvalue weighted by Gasteiger charge is -2.05. The van der Waals surface area contributed by atoms with E-state index in [1.165, 1.54) is 12.8 Å². The third-order valence-corrected chi connectivity index (χ3v) is 3.44. The van der Waals surface area contributed by atoms with Crippen LogP contribution in [0.1, 0.15) is 33.1 Å². The fourth-order valence-electron chi connectivity index (χ4n) is 1.13. The molecule has 4 nitrogen and oxygen atoms in total. The molecular weight excluding hydrogens is 244 g/mol. The predicted molar refractivity (Wildman–Crippen MR) is 86.8 cm³/mol. The van der Waals surface area contributed by atoms with Gasteiger partial charge in [-0.1, -0.05) is 6.92 Å². The summed E-state index contributed by atoms with van der Waals surface area (Å²) >= 11 is 1.92. The number of nitrogens with one attached hydrogen (secondary N) is 2. The molecule has 0 aliphatic carbocycles. The first kappa shape index (κ1) is 20.1. The molecule has 0 heterocycles. The van der Waals surface area contributed by atoms with Gasteiger partial charge in [0, 0.05) is 11.8 Å². The first-order chi connectivity index (χ1) is 8.58. The third-order valence-electron chi connectivity index (χ3n) is 2.40. The van der Waals surface area contributed by atoms with Gasteiger partial charge < -0.3 is 16.4 Å². The number of amidine groups is 1. The Balaban J connectivity index is 0. The van der Waals surface area contributed by atoms with Crippen LogP contribution in [0.25, 0.3) is 0 Å². The third kappa shape index (κ3) is 21.1. The normalized spacial score (nSPS) is 12.8. The Morgan fingerprint density at radius 1 is 1.22 bits per heavy atom. The molecule has 0 aromatic rings. The summed E-state index contributed by atoms with van der Waals surface area (Å²) in [6.45, 7) is 7.14. The SMILES string of the molecule is CNCCC(C)SC.CNCCCCN=C(C)N. The lowest BCUT2D eigenvalue weighted by atomic mass is 10.3. The lowest BCUT2D eigenvalue weighted by molar-refractivity contribution is 0.684. The minimum Gasteiger partial charge on any atom is -0.388 e. The average Bonchev–Trinajstić information content (AvgIpc) is 2.36. The topological polar surface area (TPSA) is 62.4 Å². The molecule has 5 heteroatoms. The number of unbranched alkanes of at least 4 members (excludes halogenated alkanes) is 1. The van der Waals surface area contributed by atoms with E-state index < -0.39 is 0 Å². The Morgan fingerprint density at radius 3 is 2.28 bits per heavy atom. The standard InChI is InChI=1S/C7H17N3.C6H15NS/c1-7(8)10-6-4-3-5-9-2;1-6(8-3)4-5-7-2/h9H,3-6H2,1-2H3,(H2,8,10);6-7H,4-5H2,1-3H3. The van der Waals surface area contributed by atoms with Crippen LogP contribution in [0.2, 0.25) is 0 Å². The molecule has 4 N–H and O–H groups in total. The van der Waals surface area contributed by atoms with E-state index in [-0.39, 0.29) is 0 Å². The van der Waals surface area contributed by atoms with Crippen LogP contribution in [-0.2, 0) is 0 Å². The van der Waals surface area contributed by atoms with Crippen molar-refractivity contribution in [1.29, 1.82) is 0 Å². The molecule has 0 amide bonds. The van der Waals surface area contributed by atoms with Crippen molar-refractivity contribution >= 4 is 17.6 Å². The van der Waals surface area contributed by atoms with Crippen molar-refractivity contribution in [2.75, 3.05) is 40.0 Å². The molecule has 0 aliphatic rings. The predicted octanol–water partition coefficient (Wildman–Crippen LogP) is 1.71. The first-order valence-corrected chi connectivity index (χ1v) is 7.95. The Morgan fingerprint density at radius 2 is 1.83 bits per heavy atom. The van der Waals surface area contributed by atoms with Crippen LogP contribution >= 0.6 is 11.8 Å². The Bertz CT molecular complexity index is 182. The van der Waals surface area contributed by atoms with Crippen LogP contribution in [0.5, 0.6) is 0 Å². The summed E-state index contributed by atoms with van der Waals surface area (Å²) in [5.74, 6) is 0.685. The van der Waals surface area contributed by atoms with E-state index in [2.05, 4.69) is 28.8 Å². The monoisotopic (exact) mass is 276 g/mol. The Kier molecular flexibility index (Phi) is 18.7. The van der Waals surface area contributed by atoms with Gasteiger partial charge in [-0.3, -0.25) is 4.99 Å². The number of aliphatic imine (C=N–C) groups is 1. The van der Waals surface area contributed by atoms with Crippen molar-refractivity contribution in [2.24, 2.45) is 10.7 Å². The number of thioether (sulfide) groups is 1. The van der Waals surface area contributed by atoms with Crippen molar-refractivity contribution in [1.82, 2.24) is 10.6 Å². The smallest absolute Gasteiger partial charge is 0.0905 e. The van der Waals surface area contributed by atoms with Crippen molar-refractivity contribution in [3.8, 4) is 0 Å². The average molecular weight is 276 g/mol.